The fraction of sp³-hybridized carbons (Fsp3) is 0.381. The molecule has 0 aromatic heterocycles. The number of benzene rings is 2. The van der Waals surface area contributed by atoms with E-state index in [1.807, 2.05) is 18.2 Å². The highest BCUT2D eigenvalue weighted by molar-refractivity contribution is 7.89. The Bertz CT molecular complexity index is 999. The standard InChI is InChI=1S/C21H24N2O4S/c22-21(24)18-3-1-2-16(13-18)14-23(19-5-6-19)28(25,26)11-9-15-4-7-20-17(12-15)8-10-27-20/h1-4,7,12-13,19H,5-6,8-11,14H2,(H2,22,24). The van der Waals surface area contributed by atoms with E-state index < -0.39 is 15.9 Å². The molecule has 0 bridgehead atoms. The summed E-state index contributed by atoms with van der Waals surface area (Å²) >= 11 is 0. The first-order valence-electron chi connectivity index (χ1n) is 9.55. The second kappa shape index (κ2) is 7.56. The van der Waals surface area contributed by atoms with Gasteiger partial charge in [-0.3, -0.25) is 4.79 Å². The molecule has 148 valence electrons. The third-order valence-electron chi connectivity index (χ3n) is 5.26. The zero-order chi connectivity index (χ0) is 19.7. The van der Waals surface area contributed by atoms with Crippen LogP contribution in [0, 0.1) is 0 Å². The van der Waals surface area contributed by atoms with Crippen LogP contribution in [0.2, 0.25) is 0 Å². The van der Waals surface area contributed by atoms with Crippen molar-refractivity contribution >= 4 is 15.9 Å². The Labute approximate surface area is 165 Å². The van der Waals surface area contributed by atoms with Gasteiger partial charge in [0.25, 0.3) is 0 Å². The molecule has 0 unspecified atom stereocenters. The van der Waals surface area contributed by atoms with E-state index in [2.05, 4.69) is 6.07 Å². The van der Waals surface area contributed by atoms with Crippen molar-refractivity contribution < 1.29 is 17.9 Å². The lowest BCUT2D eigenvalue weighted by molar-refractivity contribution is 0.1000. The Morgan fingerprint density at radius 3 is 2.71 bits per heavy atom. The molecule has 2 aromatic carbocycles. The molecule has 4 rings (SSSR count). The van der Waals surface area contributed by atoms with Crippen LogP contribution in [-0.4, -0.2) is 37.0 Å². The number of nitrogens with zero attached hydrogens (tertiary/aromatic N) is 1. The maximum atomic E-state index is 13.1. The molecule has 1 aliphatic carbocycles. The third kappa shape index (κ3) is 4.20. The number of nitrogens with two attached hydrogens (primary N) is 1. The normalized spacial score (nSPS) is 16.0. The van der Waals surface area contributed by atoms with Gasteiger partial charge in [-0.2, -0.15) is 4.31 Å². The maximum Gasteiger partial charge on any atom is 0.248 e. The van der Waals surface area contributed by atoms with Crippen molar-refractivity contribution in [1.82, 2.24) is 4.31 Å². The first-order valence-corrected chi connectivity index (χ1v) is 11.2. The highest BCUT2D eigenvalue weighted by atomic mass is 32.2. The highest BCUT2D eigenvalue weighted by Gasteiger charge is 2.37. The van der Waals surface area contributed by atoms with Gasteiger partial charge in [0.15, 0.2) is 0 Å². The van der Waals surface area contributed by atoms with E-state index in [-0.39, 0.29) is 18.3 Å². The van der Waals surface area contributed by atoms with Gasteiger partial charge in [0.2, 0.25) is 15.9 Å². The summed E-state index contributed by atoms with van der Waals surface area (Å²) < 4.78 is 33.2. The smallest absolute Gasteiger partial charge is 0.248 e. The van der Waals surface area contributed by atoms with Crippen LogP contribution in [-0.2, 0) is 29.4 Å². The molecule has 0 saturated heterocycles. The third-order valence-corrected chi connectivity index (χ3v) is 7.13. The molecule has 2 aromatic rings. The molecule has 0 spiro atoms. The molecule has 1 heterocycles. The van der Waals surface area contributed by atoms with Crippen LogP contribution in [0.3, 0.4) is 0 Å². The highest BCUT2D eigenvalue weighted by Crippen LogP contribution is 2.32. The second-order valence-electron chi connectivity index (χ2n) is 7.45. The van der Waals surface area contributed by atoms with Crippen LogP contribution >= 0.6 is 0 Å². The minimum atomic E-state index is -3.42. The summed E-state index contributed by atoms with van der Waals surface area (Å²) in [5, 5.41) is 0. The number of sulfonamides is 1. The number of ether oxygens (including phenoxy) is 1. The minimum absolute atomic E-state index is 0.0515. The number of rotatable bonds is 8. The van der Waals surface area contributed by atoms with Gasteiger partial charge in [0, 0.05) is 24.6 Å². The summed E-state index contributed by atoms with van der Waals surface area (Å²) in [7, 11) is -3.42. The summed E-state index contributed by atoms with van der Waals surface area (Å²) in [6.45, 7) is 0.961. The summed E-state index contributed by atoms with van der Waals surface area (Å²) in [4.78, 5) is 11.4. The molecule has 2 aliphatic rings. The molecule has 6 nitrogen and oxygen atoms in total. The van der Waals surface area contributed by atoms with E-state index in [1.165, 1.54) is 0 Å². The molecule has 0 atom stereocenters. The van der Waals surface area contributed by atoms with Crippen LogP contribution in [0.15, 0.2) is 42.5 Å². The Kier molecular flexibility index (Phi) is 5.12. The molecule has 1 aliphatic heterocycles. The Morgan fingerprint density at radius 2 is 1.96 bits per heavy atom. The van der Waals surface area contributed by atoms with Crippen molar-refractivity contribution in [3.63, 3.8) is 0 Å². The van der Waals surface area contributed by atoms with Crippen LogP contribution in [0.25, 0.3) is 0 Å². The minimum Gasteiger partial charge on any atom is -0.493 e. The number of hydrogen-bond acceptors (Lipinski definition) is 4. The number of aryl methyl sites for hydroxylation is 1. The van der Waals surface area contributed by atoms with Crippen molar-refractivity contribution in [3.05, 3.63) is 64.7 Å². The van der Waals surface area contributed by atoms with Gasteiger partial charge >= 0.3 is 0 Å². The first kappa shape index (κ1) is 19.0. The Morgan fingerprint density at radius 1 is 1.14 bits per heavy atom. The van der Waals surface area contributed by atoms with Gasteiger partial charge in [0.05, 0.1) is 12.4 Å². The van der Waals surface area contributed by atoms with Crippen molar-refractivity contribution in [2.45, 2.75) is 38.3 Å². The molecule has 7 heteroatoms. The summed E-state index contributed by atoms with van der Waals surface area (Å²) in [5.74, 6) is 0.461. The molecule has 28 heavy (non-hydrogen) atoms. The van der Waals surface area contributed by atoms with E-state index in [1.54, 1.807) is 22.5 Å². The van der Waals surface area contributed by atoms with Gasteiger partial charge < -0.3 is 10.5 Å². The molecule has 1 amide bonds. The molecule has 1 fully saturated rings. The summed E-state index contributed by atoms with van der Waals surface area (Å²) in [6.07, 6.45) is 3.11. The van der Waals surface area contributed by atoms with E-state index in [4.69, 9.17) is 10.5 Å². The van der Waals surface area contributed by atoms with Crippen LogP contribution in [0.4, 0.5) is 0 Å². The van der Waals surface area contributed by atoms with Gasteiger partial charge in [-0.1, -0.05) is 24.3 Å². The van der Waals surface area contributed by atoms with E-state index in [9.17, 15) is 13.2 Å². The van der Waals surface area contributed by atoms with Crippen LogP contribution < -0.4 is 10.5 Å². The molecule has 0 radical (unpaired) electrons. The SMILES string of the molecule is NC(=O)c1cccc(CN(C2CC2)S(=O)(=O)CCc2ccc3c(c2)CCO3)c1. The van der Waals surface area contributed by atoms with Crippen molar-refractivity contribution in [2.75, 3.05) is 12.4 Å². The Hall–Kier alpha value is -2.38. The number of carbonyl (C=O) groups excluding carboxylic acids is 1. The fourth-order valence-electron chi connectivity index (χ4n) is 3.58. The number of hydrogen-bond donors (Lipinski definition) is 1. The zero-order valence-corrected chi connectivity index (χ0v) is 16.5. The van der Waals surface area contributed by atoms with Gasteiger partial charge in [-0.05, 0) is 54.2 Å². The quantitative estimate of drug-likeness (QED) is 0.736. The number of fused-ring (bicyclic) bond motifs is 1. The number of carbonyl (C=O) groups is 1. The van der Waals surface area contributed by atoms with Crippen molar-refractivity contribution in [3.8, 4) is 5.75 Å². The van der Waals surface area contributed by atoms with Crippen LogP contribution in [0.5, 0.6) is 5.75 Å². The van der Waals surface area contributed by atoms with Gasteiger partial charge in [0.1, 0.15) is 5.75 Å². The topological polar surface area (TPSA) is 89.7 Å². The van der Waals surface area contributed by atoms with Crippen LogP contribution in [0.1, 0.15) is 39.9 Å². The van der Waals surface area contributed by atoms with Gasteiger partial charge in [-0.25, -0.2) is 8.42 Å². The van der Waals surface area contributed by atoms with E-state index >= 15 is 0 Å². The van der Waals surface area contributed by atoms with E-state index in [0.717, 1.165) is 41.7 Å². The average Bonchev–Trinajstić information content (AvgIpc) is 3.41. The first-order chi connectivity index (χ1) is 13.4. The summed E-state index contributed by atoms with van der Waals surface area (Å²) in [5.41, 5.74) is 8.68. The monoisotopic (exact) mass is 400 g/mol. The number of primary amides is 1. The fourth-order valence-corrected chi connectivity index (χ4v) is 5.32. The van der Waals surface area contributed by atoms with E-state index in [0.29, 0.717) is 18.6 Å². The maximum absolute atomic E-state index is 13.1. The molecular weight excluding hydrogens is 376 g/mol. The molecule has 2 N–H and O–H groups in total. The number of amides is 1. The predicted molar refractivity (Wildman–Crippen MR) is 107 cm³/mol. The lowest BCUT2D eigenvalue weighted by Crippen LogP contribution is -2.35. The molecule has 1 saturated carbocycles. The second-order valence-corrected chi connectivity index (χ2v) is 9.49. The average molecular weight is 401 g/mol. The van der Waals surface area contributed by atoms with Crippen molar-refractivity contribution in [2.24, 2.45) is 5.73 Å². The largest absolute Gasteiger partial charge is 0.493 e. The van der Waals surface area contributed by atoms with Crippen molar-refractivity contribution in [1.29, 1.82) is 0 Å². The van der Waals surface area contributed by atoms with Gasteiger partial charge in [-0.15, -0.1) is 0 Å². The Balaban J connectivity index is 1.47. The zero-order valence-electron chi connectivity index (χ0n) is 15.6. The lowest BCUT2D eigenvalue weighted by Gasteiger charge is -2.22. The lowest BCUT2D eigenvalue weighted by atomic mass is 10.1. The molecular formula is C21H24N2O4S. The summed E-state index contributed by atoms with van der Waals surface area (Å²) in [6, 6.07) is 12.9. The predicted octanol–water partition coefficient (Wildman–Crippen LogP) is 2.26.